The summed E-state index contributed by atoms with van der Waals surface area (Å²) in [5.41, 5.74) is 26.3. The maximum absolute atomic E-state index is 6.54. The van der Waals surface area contributed by atoms with Gasteiger partial charge in [0.2, 0.25) is 0 Å². The maximum Gasteiger partial charge on any atom is 0.160 e. The van der Waals surface area contributed by atoms with Gasteiger partial charge in [0, 0.05) is 130 Å². The third-order valence-corrected chi connectivity index (χ3v) is 28.7. The van der Waals surface area contributed by atoms with Crippen LogP contribution in [0, 0.1) is 0 Å². The van der Waals surface area contributed by atoms with Crippen LogP contribution in [0.1, 0.15) is 0 Å². The molecule has 9 heterocycles. The van der Waals surface area contributed by atoms with Crippen molar-refractivity contribution in [2.24, 2.45) is 0 Å². The van der Waals surface area contributed by atoms with Crippen LogP contribution in [0.3, 0.4) is 0 Å². The van der Waals surface area contributed by atoms with Crippen molar-refractivity contribution in [2.75, 3.05) is 0 Å². The molecule has 684 valence electrons. The van der Waals surface area contributed by atoms with Crippen molar-refractivity contribution in [2.45, 2.75) is 0 Å². The monoisotopic (exact) mass is 1880 g/mol. The molecule has 12 heteroatoms. The largest absolute Gasteiger partial charge is 0.456 e. The summed E-state index contributed by atoms with van der Waals surface area (Å²) in [6.07, 6.45) is 9.12. The molecular formula is C135H81N9O3. The summed E-state index contributed by atoms with van der Waals surface area (Å²) < 4.78 is 19.2. The highest BCUT2D eigenvalue weighted by Gasteiger charge is 2.25. The topological polar surface area (TPSA) is 155 Å². The van der Waals surface area contributed by atoms with Gasteiger partial charge in [0.1, 0.15) is 33.5 Å². The minimum atomic E-state index is 0.680. The van der Waals surface area contributed by atoms with Crippen molar-refractivity contribution in [3.8, 4) is 135 Å². The highest BCUT2D eigenvalue weighted by molar-refractivity contribution is 6.36. The predicted molar refractivity (Wildman–Crippen MR) is 604 cm³/mol. The van der Waals surface area contributed by atoms with Crippen LogP contribution in [0.4, 0.5) is 0 Å². The zero-order chi connectivity index (χ0) is 96.9. The standard InChI is InChI=1S/3C45H27N3O/c1-2-10-28(11-3-1)40-27-41(48-45(47-40)30-19-17-29(18-20-30)39-15-8-9-25-46-39)31-21-22-33-36-23-24-37-34-13-6-7-16-42(34)49-44(37)43(36)35-14-5-4-12-32(35)38(33)26-31;1-2-9-29(10-3-1)41-26-42(48-45(47-41)30-18-16-28(17-19-30)32-11-8-22-46-27-32)31-20-21-35-37(23-31)33-12-4-5-13-34(33)39-25-44-40(24-38(35)39)36-14-6-7-15-43(36)49-44;1-2-8-30(9-3-1)39-27-40(48-45(47-39)31-16-14-28(15-17-31)29-22-24-46-25-23-29)32-18-19-36-38(26-32)34-11-5-4-10-33(34)35-20-21-42-44(43(35)36)37-12-6-7-13-41(37)49-42/h3*1-27H. The van der Waals surface area contributed by atoms with Gasteiger partial charge in [0.15, 0.2) is 17.5 Å². The van der Waals surface area contributed by atoms with Gasteiger partial charge in [-0.2, -0.15) is 0 Å². The van der Waals surface area contributed by atoms with Gasteiger partial charge in [-0.05, 0) is 224 Å². The molecule has 0 aliphatic heterocycles. The quantitative estimate of drug-likeness (QED) is 0.107. The van der Waals surface area contributed by atoms with Crippen LogP contribution >= 0.6 is 0 Å². The SMILES string of the molecule is c1ccc(-c2cc(-c3ccc4c(c3)c3ccccc3c3c4ccc4c5ccccc5oc43)nc(-c3ccc(-c4ccccn4)cc3)n2)cc1.c1ccc(-c2cc(-c3ccc4c(c3)c3ccccc3c3cc5oc6ccccc6c5cc43)nc(-c3ccc(-c4cccnc4)cc3)n2)cc1.c1ccc(-c2cc(-c3ccc4c(c3)c3ccccc3c3ccc5oc6ccccc6c5c34)nc(-c3ccc(-c4ccncc4)cc3)n2)cc1. The Morgan fingerprint density at radius 1 is 0.136 bits per heavy atom. The second kappa shape index (κ2) is 35.7. The zero-order valence-electron chi connectivity index (χ0n) is 79.0. The van der Waals surface area contributed by atoms with Gasteiger partial charge in [-0.25, -0.2) is 29.9 Å². The summed E-state index contributed by atoms with van der Waals surface area (Å²) in [7, 11) is 0. The lowest BCUT2D eigenvalue weighted by atomic mass is 9.90. The van der Waals surface area contributed by atoms with E-state index in [0.29, 0.717) is 17.5 Å². The number of benzene rings is 21. The van der Waals surface area contributed by atoms with Crippen LogP contribution in [0.25, 0.3) is 298 Å². The zero-order valence-corrected chi connectivity index (χ0v) is 79.0. The molecule has 30 aromatic rings. The summed E-state index contributed by atoms with van der Waals surface area (Å²) in [6, 6.07) is 161. The molecule has 30 rings (SSSR count). The van der Waals surface area contributed by atoms with Crippen LogP contribution in [-0.4, -0.2) is 44.9 Å². The molecular weight excluding hydrogens is 1800 g/mol. The molecule has 0 saturated heterocycles. The normalized spacial score (nSPS) is 11.7. The molecule has 0 amide bonds. The number of fused-ring (bicyclic) bond motifs is 29. The van der Waals surface area contributed by atoms with Crippen molar-refractivity contribution in [3.63, 3.8) is 0 Å². The van der Waals surface area contributed by atoms with E-state index >= 15 is 0 Å². The highest BCUT2D eigenvalue weighted by Crippen LogP contribution is 2.49. The average Bonchev–Trinajstić information content (AvgIpc) is 1.66. The second-order valence-corrected chi connectivity index (χ2v) is 37.2. The van der Waals surface area contributed by atoms with Crippen molar-refractivity contribution in [1.82, 2.24) is 44.9 Å². The Balaban J connectivity index is 0.000000107. The molecule has 0 saturated carbocycles. The number of aromatic nitrogens is 9. The summed E-state index contributed by atoms with van der Waals surface area (Å²) >= 11 is 0. The molecule has 21 aromatic carbocycles. The van der Waals surface area contributed by atoms with Gasteiger partial charge in [-0.3, -0.25) is 15.0 Å². The van der Waals surface area contributed by atoms with E-state index in [1.54, 1.807) is 6.20 Å². The lowest BCUT2D eigenvalue weighted by molar-refractivity contribution is 0.669. The van der Waals surface area contributed by atoms with Gasteiger partial charge >= 0.3 is 0 Å². The molecule has 9 aromatic heterocycles. The number of hydrogen-bond donors (Lipinski definition) is 0. The van der Waals surface area contributed by atoms with Crippen LogP contribution in [0.5, 0.6) is 0 Å². The van der Waals surface area contributed by atoms with E-state index in [4.69, 9.17) is 43.2 Å². The number of para-hydroxylation sites is 3. The summed E-state index contributed by atoms with van der Waals surface area (Å²) in [5.74, 6) is 2.05. The average molecular weight is 1880 g/mol. The fourth-order valence-corrected chi connectivity index (χ4v) is 21.6. The fraction of sp³-hybridized carbons (Fsp3) is 0. The first-order valence-corrected chi connectivity index (χ1v) is 49.3. The van der Waals surface area contributed by atoms with Gasteiger partial charge in [-0.1, -0.05) is 346 Å². The third-order valence-electron chi connectivity index (χ3n) is 28.7. The van der Waals surface area contributed by atoms with Crippen LogP contribution in [0.2, 0.25) is 0 Å². The number of hydrogen-bond acceptors (Lipinski definition) is 12. The Bertz CT molecular complexity index is 10500. The highest BCUT2D eigenvalue weighted by atomic mass is 16.3. The lowest BCUT2D eigenvalue weighted by Crippen LogP contribution is -1.96. The van der Waals surface area contributed by atoms with Crippen molar-refractivity contribution in [1.29, 1.82) is 0 Å². The van der Waals surface area contributed by atoms with Crippen molar-refractivity contribution < 1.29 is 13.3 Å². The molecule has 0 atom stereocenters. The molecule has 0 fully saturated rings. The summed E-state index contributed by atoms with van der Waals surface area (Å²) in [6.45, 7) is 0. The van der Waals surface area contributed by atoms with Crippen molar-refractivity contribution in [3.05, 3.63) is 492 Å². The summed E-state index contributed by atoms with van der Waals surface area (Å²) in [5, 5.41) is 28.3. The lowest BCUT2D eigenvalue weighted by Gasteiger charge is -2.14. The Labute approximate surface area is 842 Å². The van der Waals surface area contributed by atoms with Gasteiger partial charge in [-0.15, -0.1) is 0 Å². The first kappa shape index (κ1) is 85.1. The van der Waals surface area contributed by atoms with Gasteiger partial charge in [0.05, 0.1) is 39.9 Å². The first-order chi connectivity index (χ1) is 72.8. The minimum Gasteiger partial charge on any atom is -0.456 e. The Hall–Kier alpha value is -20.0. The molecule has 147 heavy (non-hydrogen) atoms. The van der Waals surface area contributed by atoms with E-state index in [1.165, 1.54) is 91.6 Å². The number of furan rings is 3. The van der Waals surface area contributed by atoms with E-state index in [-0.39, 0.29) is 0 Å². The van der Waals surface area contributed by atoms with E-state index in [9.17, 15) is 0 Å². The Morgan fingerprint density at radius 2 is 0.463 bits per heavy atom. The van der Waals surface area contributed by atoms with Crippen molar-refractivity contribution >= 4 is 163 Å². The number of rotatable bonds is 12. The third kappa shape index (κ3) is 15.2. The molecule has 12 nitrogen and oxygen atoms in total. The predicted octanol–water partition coefficient (Wildman–Crippen LogP) is 35.7. The van der Waals surface area contributed by atoms with E-state index < -0.39 is 0 Å². The number of nitrogens with zero attached hydrogens (tertiary/aromatic N) is 9. The molecule has 0 unspecified atom stereocenters. The smallest absolute Gasteiger partial charge is 0.160 e. The number of pyridine rings is 3. The van der Waals surface area contributed by atoms with E-state index in [1.807, 2.05) is 152 Å². The van der Waals surface area contributed by atoms with E-state index in [0.717, 1.165) is 189 Å². The Kier molecular flexibility index (Phi) is 20.6. The van der Waals surface area contributed by atoms with Crippen LogP contribution < -0.4 is 0 Å². The molecule has 0 spiro atoms. The van der Waals surface area contributed by atoms with Crippen LogP contribution in [0.15, 0.2) is 505 Å². The van der Waals surface area contributed by atoms with Gasteiger partial charge < -0.3 is 13.3 Å². The maximum atomic E-state index is 6.54. The first-order valence-electron chi connectivity index (χ1n) is 49.3. The molecule has 0 N–H and O–H groups in total. The summed E-state index contributed by atoms with van der Waals surface area (Å²) in [4.78, 5) is 43.7. The fourth-order valence-electron chi connectivity index (χ4n) is 21.6. The molecule has 0 aliphatic carbocycles. The second-order valence-electron chi connectivity index (χ2n) is 37.2. The minimum absolute atomic E-state index is 0.680. The van der Waals surface area contributed by atoms with Gasteiger partial charge in [0.25, 0.3) is 0 Å². The molecule has 0 radical (unpaired) electrons. The molecule has 0 aliphatic rings. The Morgan fingerprint density at radius 3 is 0.980 bits per heavy atom. The molecule has 0 bridgehead atoms. The van der Waals surface area contributed by atoms with E-state index in [2.05, 4.69) is 349 Å². The van der Waals surface area contributed by atoms with Crippen LogP contribution in [-0.2, 0) is 0 Å².